The van der Waals surface area contributed by atoms with Crippen LogP contribution in [0.2, 0.25) is 5.02 Å². The van der Waals surface area contributed by atoms with E-state index in [0.29, 0.717) is 46.8 Å². The molecule has 1 atom stereocenters. The predicted molar refractivity (Wildman–Crippen MR) is 148 cm³/mol. The Balaban J connectivity index is 1.81. The van der Waals surface area contributed by atoms with Gasteiger partial charge in [-0.05, 0) is 66.8 Å². The fourth-order valence-electron chi connectivity index (χ4n) is 4.42. The Labute approximate surface area is 228 Å². The van der Waals surface area contributed by atoms with Gasteiger partial charge in [-0.15, -0.1) is 0 Å². The van der Waals surface area contributed by atoms with Crippen LogP contribution >= 0.6 is 11.6 Å². The number of ether oxygens (including phenoxy) is 2. The maximum Gasteiger partial charge on any atom is 0.295 e. The lowest BCUT2D eigenvalue weighted by Gasteiger charge is -2.26. The Kier molecular flexibility index (Phi) is 8.74. The fourth-order valence-corrected chi connectivity index (χ4v) is 4.55. The van der Waals surface area contributed by atoms with Crippen molar-refractivity contribution in [1.29, 1.82) is 0 Å². The molecule has 198 valence electrons. The molecule has 1 unspecified atom stereocenters. The summed E-state index contributed by atoms with van der Waals surface area (Å²) < 4.78 is 11.9. The third kappa shape index (κ3) is 6.03. The number of halogens is 1. The van der Waals surface area contributed by atoms with Crippen molar-refractivity contribution in [2.24, 2.45) is 5.92 Å². The minimum absolute atomic E-state index is 0.0178. The van der Waals surface area contributed by atoms with Gasteiger partial charge in [-0.2, -0.15) is 0 Å². The van der Waals surface area contributed by atoms with Crippen LogP contribution in [0.25, 0.3) is 5.76 Å². The van der Waals surface area contributed by atoms with E-state index in [4.69, 9.17) is 21.1 Å². The van der Waals surface area contributed by atoms with Gasteiger partial charge in [0, 0.05) is 17.1 Å². The van der Waals surface area contributed by atoms with Gasteiger partial charge in [-0.1, -0.05) is 61.8 Å². The van der Waals surface area contributed by atoms with Crippen LogP contribution in [0, 0.1) is 5.92 Å². The van der Waals surface area contributed by atoms with E-state index in [0.717, 1.165) is 12.0 Å². The molecule has 7 heteroatoms. The van der Waals surface area contributed by atoms with Gasteiger partial charge in [0.15, 0.2) is 11.5 Å². The molecule has 0 bridgehead atoms. The largest absolute Gasteiger partial charge is 0.507 e. The number of hydrogen-bond acceptors (Lipinski definition) is 5. The molecule has 0 saturated carbocycles. The first-order valence-corrected chi connectivity index (χ1v) is 13.2. The molecule has 1 saturated heterocycles. The minimum atomic E-state index is -0.824. The summed E-state index contributed by atoms with van der Waals surface area (Å²) in [5, 5.41) is 11.8. The summed E-state index contributed by atoms with van der Waals surface area (Å²) >= 11 is 6.03. The second-order valence-corrected chi connectivity index (χ2v) is 10.0. The van der Waals surface area contributed by atoms with Gasteiger partial charge in [-0.25, -0.2) is 0 Å². The third-order valence-electron chi connectivity index (χ3n) is 6.39. The normalized spacial score (nSPS) is 16.8. The lowest BCUT2D eigenvalue weighted by atomic mass is 9.94. The summed E-state index contributed by atoms with van der Waals surface area (Å²) in [6.07, 6.45) is 0.894. The van der Waals surface area contributed by atoms with Crippen molar-refractivity contribution in [2.45, 2.75) is 39.8 Å². The molecule has 1 aliphatic rings. The Morgan fingerprint density at radius 3 is 2.34 bits per heavy atom. The van der Waals surface area contributed by atoms with Crippen molar-refractivity contribution in [3.63, 3.8) is 0 Å². The molecule has 1 N–H and O–H groups in total. The number of carbonyl (C=O) groups is 2. The first kappa shape index (κ1) is 27.3. The number of Topliss-reactive ketones (excluding diaryl/α,β-unsaturated/α-hetero) is 1. The second kappa shape index (κ2) is 12.2. The number of ketones is 1. The Morgan fingerprint density at radius 2 is 1.68 bits per heavy atom. The van der Waals surface area contributed by atoms with Crippen LogP contribution in [0.1, 0.15) is 49.9 Å². The van der Waals surface area contributed by atoms with Crippen molar-refractivity contribution in [1.82, 2.24) is 4.90 Å². The maximum atomic E-state index is 13.4. The van der Waals surface area contributed by atoms with E-state index in [9.17, 15) is 14.7 Å². The summed E-state index contributed by atoms with van der Waals surface area (Å²) in [5.41, 5.74) is 1.92. The van der Waals surface area contributed by atoms with Crippen LogP contribution < -0.4 is 9.47 Å². The predicted octanol–water partition coefficient (Wildman–Crippen LogP) is 6.79. The standard InChI is InChI=1S/C31H32ClNO5/c1-4-37-26-18-23(12-15-25(26)38-17-16-20(2)3)28-27(29(34)22-10-13-24(32)14-11-22)30(35)31(36)33(28)19-21-8-6-5-7-9-21/h5-15,18,20,28,34H,4,16-17,19H2,1-3H3/b29-27+. The minimum Gasteiger partial charge on any atom is -0.507 e. The topological polar surface area (TPSA) is 76.1 Å². The first-order valence-electron chi connectivity index (χ1n) is 12.8. The van der Waals surface area contributed by atoms with Crippen LogP contribution in [0.15, 0.2) is 78.4 Å². The monoisotopic (exact) mass is 533 g/mol. The molecule has 4 rings (SSSR count). The highest BCUT2D eigenvalue weighted by Crippen LogP contribution is 2.43. The zero-order valence-electron chi connectivity index (χ0n) is 21.8. The van der Waals surface area contributed by atoms with Crippen LogP contribution in [0.5, 0.6) is 11.5 Å². The molecular weight excluding hydrogens is 502 g/mol. The van der Waals surface area contributed by atoms with Gasteiger partial charge < -0.3 is 19.5 Å². The molecule has 1 aliphatic heterocycles. The number of amides is 1. The van der Waals surface area contributed by atoms with E-state index in [1.807, 2.05) is 43.3 Å². The number of likely N-dealkylation sites (tertiary alicyclic amines) is 1. The van der Waals surface area contributed by atoms with E-state index in [1.54, 1.807) is 36.4 Å². The number of aliphatic hydroxyl groups excluding tert-OH is 1. The summed E-state index contributed by atoms with van der Waals surface area (Å²) in [6, 6.07) is 20.5. The third-order valence-corrected chi connectivity index (χ3v) is 6.64. The van der Waals surface area contributed by atoms with Crippen molar-refractivity contribution in [2.75, 3.05) is 13.2 Å². The zero-order chi connectivity index (χ0) is 27.2. The molecule has 1 amide bonds. The molecule has 1 fully saturated rings. The maximum absolute atomic E-state index is 13.4. The second-order valence-electron chi connectivity index (χ2n) is 9.59. The highest BCUT2D eigenvalue weighted by molar-refractivity contribution is 6.46. The van der Waals surface area contributed by atoms with Crippen LogP contribution in [-0.2, 0) is 16.1 Å². The SMILES string of the molecule is CCOc1cc(C2/C(=C(\O)c3ccc(Cl)cc3)C(=O)C(=O)N2Cc2ccccc2)ccc1OCCC(C)C. The molecule has 0 aromatic heterocycles. The number of rotatable bonds is 10. The molecule has 0 spiro atoms. The Bertz CT molecular complexity index is 1320. The van der Waals surface area contributed by atoms with Gasteiger partial charge in [0.1, 0.15) is 5.76 Å². The number of hydrogen-bond donors (Lipinski definition) is 1. The van der Waals surface area contributed by atoms with Crippen molar-refractivity contribution in [3.8, 4) is 11.5 Å². The highest BCUT2D eigenvalue weighted by Gasteiger charge is 2.46. The van der Waals surface area contributed by atoms with Crippen LogP contribution in [0.3, 0.4) is 0 Å². The Morgan fingerprint density at radius 1 is 0.974 bits per heavy atom. The summed E-state index contributed by atoms with van der Waals surface area (Å²) in [4.78, 5) is 28.2. The molecule has 3 aromatic rings. The number of benzene rings is 3. The van der Waals surface area contributed by atoms with Crippen LogP contribution in [-0.4, -0.2) is 34.9 Å². The van der Waals surface area contributed by atoms with Crippen molar-refractivity contribution in [3.05, 3.63) is 100 Å². The quantitative estimate of drug-likeness (QED) is 0.176. The molecule has 0 aliphatic carbocycles. The van der Waals surface area contributed by atoms with Gasteiger partial charge >= 0.3 is 0 Å². The lowest BCUT2D eigenvalue weighted by molar-refractivity contribution is -0.140. The summed E-state index contributed by atoms with van der Waals surface area (Å²) in [5.74, 6) is -0.0658. The number of nitrogens with zero attached hydrogens (tertiary/aromatic N) is 1. The Hall–Kier alpha value is -3.77. The van der Waals surface area contributed by atoms with Crippen LogP contribution in [0.4, 0.5) is 0 Å². The molecular formula is C31H32ClNO5. The molecule has 1 heterocycles. The van der Waals surface area contributed by atoms with E-state index in [1.165, 1.54) is 4.90 Å². The average molecular weight is 534 g/mol. The van der Waals surface area contributed by atoms with Gasteiger partial charge in [0.25, 0.3) is 11.7 Å². The summed E-state index contributed by atoms with van der Waals surface area (Å²) in [6.45, 7) is 7.30. The van der Waals surface area contributed by atoms with Crippen molar-refractivity contribution < 1.29 is 24.2 Å². The molecule has 6 nitrogen and oxygen atoms in total. The molecule has 0 radical (unpaired) electrons. The smallest absolute Gasteiger partial charge is 0.295 e. The van der Waals surface area contributed by atoms with Gasteiger partial charge in [0.2, 0.25) is 0 Å². The number of aliphatic hydroxyl groups is 1. The zero-order valence-corrected chi connectivity index (χ0v) is 22.6. The molecule has 3 aromatic carbocycles. The van der Waals surface area contributed by atoms with Gasteiger partial charge in [-0.3, -0.25) is 9.59 Å². The van der Waals surface area contributed by atoms with E-state index < -0.39 is 17.7 Å². The van der Waals surface area contributed by atoms with Crippen molar-refractivity contribution >= 4 is 29.1 Å². The first-order chi connectivity index (χ1) is 18.3. The fraction of sp³-hybridized carbons (Fsp3) is 0.290. The summed E-state index contributed by atoms with van der Waals surface area (Å²) in [7, 11) is 0. The number of carbonyl (C=O) groups excluding carboxylic acids is 2. The average Bonchev–Trinajstić information content (AvgIpc) is 3.15. The van der Waals surface area contributed by atoms with E-state index in [-0.39, 0.29) is 17.9 Å². The van der Waals surface area contributed by atoms with Gasteiger partial charge in [0.05, 0.1) is 24.8 Å². The van der Waals surface area contributed by atoms with E-state index >= 15 is 0 Å². The van der Waals surface area contributed by atoms with E-state index in [2.05, 4.69) is 13.8 Å². The lowest BCUT2D eigenvalue weighted by Crippen LogP contribution is -2.29. The molecule has 38 heavy (non-hydrogen) atoms. The highest BCUT2D eigenvalue weighted by atomic mass is 35.5.